The summed E-state index contributed by atoms with van der Waals surface area (Å²) in [4.78, 5) is 0. The summed E-state index contributed by atoms with van der Waals surface area (Å²) in [6.45, 7) is 13.3. The van der Waals surface area contributed by atoms with Gasteiger partial charge in [-0.15, -0.1) is 0 Å². The average Bonchev–Trinajstić information content (AvgIpc) is 3.29. The van der Waals surface area contributed by atoms with Gasteiger partial charge in [0, 0.05) is 5.41 Å². The summed E-state index contributed by atoms with van der Waals surface area (Å²) in [5, 5.41) is 0. The summed E-state index contributed by atoms with van der Waals surface area (Å²) in [5.41, 5.74) is 18.6. The van der Waals surface area contributed by atoms with Gasteiger partial charge in [-0.1, -0.05) is 145 Å². The lowest BCUT2D eigenvalue weighted by Gasteiger charge is -2.33. The maximum absolute atomic E-state index is 2.60. The van der Waals surface area contributed by atoms with E-state index < -0.39 is 0 Å². The molecule has 0 saturated carbocycles. The van der Waals surface area contributed by atoms with Crippen LogP contribution in [0.15, 0.2) is 72.8 Å². The van der Waals surface area contributed by atoms with Gasteiger partial charge in [0.25, 0.3) is 0 Å². The van der Waals surface area contributed by atoms with Gasteiger partial charge in [-0.05, 0) is 139 Å². The molecule has 0 atom stereocenters. The van der Waals surface area contributed by atoms with Crippen molar-refractivity contribution in [3.63, 3.8) is 0 Å². The fraction of sp³-hybridized carbons (Fsp3) is 0.489. The molecule has 0 radical (unpaired) electrons. The van der Waals surface area contributed by atoms with Crippen molar-refractivity contribution in [2.75, 3.05) is 0 Å². The van der Waals surface area contributed by atoms with Crippen molar-refractivity contribution in [1.29, 1.82) is 0 Å². The summed E-state index contributed by atoms with van der Waals surface area (Å²) in [7, 11) is 0. The molecule has 0 saturated heterocycles. The number of hydrogen-bond donors (Lipinski definition) is 0. The Morgan fingerprint density at radius 3 is 1.38 bits per heavy atom. The molecular formula is C47H62. The van der Waals surface area contributed by atoms with Crippen LogP contribution in [-0.4, -0.2) is 0 Å². The number of benzene rings is 4. The molecule has 250 valence electrons. The fourth-order valence-electron chi connectivity index (χ4n) is 8.11. The predicted molar refractivity (Wildman–Crippen MR) is 206 cm³/mol. The summed E-state index contributed by atoms with van der Waals surface area (Å²) in [6.07, 6.45) is 20.1. The highest BCUT2D eigenvalue weighted by Gasteiger charge is 2.42. The number of rotatable bonds is 12. The molecule has 3 aliphatic carbocycles. The molecule has 0 bridgehead atoms. The van der Waals surface area contributed by atoms with Crippen LogP contribution < -0.4 is 0 Å². The highest BCUT2D eigenvalue weighted by atomic mass is 14.4. The third-order valence-corrected chi connectivity index (χ3v) is 10.8. The molecule has 47 heavy (non-hydrogen) atoms. The number of aryl methyl sites for hydroxylation is 8. The first-order valence-corrected chi connectivity index (χ1v) is 19.4. The lowest BCUT2D eigenvalue weighted by atomic mass is 9.70. The molecule has 0 aliphatic heterocycles. The lowest BCUT2D eigenvalue weighted by Crippen LogP contribution is -2.26. The number of fused-ring (bicyclic) bond motifs is 5. The van der Waals surface area contributed by atoms with Gasteiger partial charge in [0.1, 0.15) is 0 Å². The molecule has 0 amide bonds. The minimum Gasteiger partial charge on any atom is -0.0656 e. The van der Waals surface area contributed by atoms with Gasteiger partial charge in [-0.2, -0.15) is 0 Å². The highest BCUT2D eigenvalue weighted by Crippen LogP contribution is 2.54. The van der Waals surface area contributed by atoms with E-state index in [0.717, 1.165) is 0 Å². The second kappa shape index (κ2) is 16.8. The fourth-order valence-corrected chi connectivity index (χ4v) is 8.11. The van der Waals surface area contributed by atoms with E-state index in [-0.39, 0.29) is 5.41 Å². The molecular weight excluding hydrogens is 565 g/mol. The van der Waals surface area contributed by atoms with E-state index in [1.54, 1.807) is 33.4 Å². The molecule has 4 aromatic carbocycles. The second-order valence-electron chi connectivity index (χ2n) is 14.7. The Hall–Kier alpha value is -3.12. The highest BCUT2D eigenvalue weighted by molar-refractivity contribution is 5.81. The molecule has 7 rings (SSSR count). The van der Waals surface area contributed by atoms with Crippen LogP contribution in [0.2, 0.25) is 0 Å². The van der Waals surface area contributed by atoms with Crippen molar-refractivity contribution in [2.45, 2.75) is 150 Å². The Morgan fingerprint density at radius 1 is 0.468 bits per heavy atom. The Labute approximate surface area is 288 Å². The molecule has 0 heterocycles. The minimum absolute atomic E-state index is 0.111. The van der Waals surface area contributed by atoms with Gasteiger partial charge in [0.15, 0.2) is 0 Å². The van der Waals surface area contributed by atoms with Crippen molar-refractivity contribution in [2.24, 2.45) is 0 Å². The SMILES string of the molecule is CCC.CCCCC.CCCc1ccc2c(c1)C(CCCc1ccc3c(c1)CC3)(CCCc1ccc3c(c1)CC3)c1cc(C)ccc1-2. The summed E-state index contributed by atoms with van der Waals surface area (Å²) >= 11 is 0. The molecule has 0 spiro atoms. The van der Waals surface area contributed by atoms with Crippen LogP contribution in [0.4, 0.5) is 0 Å². The Bertz CT molecular complexity index is 1540. The summed E-state index contributed by atoms with van der Waals surface area (Å²) in [5.74, 6) is 0. The van der Waals surface area contributed by atoms with Crippen LogP contribution in [0.5, 0.6) is 0 Å². The Balaban J connectivity index is 0.000000490. The standard InChI is InChI=1S/C39H42.C5H12.C3H8/c1-3-6-28-12-20-36-35-19-9-27(2)23-37(35)39(38(36)26-28,21-4-7-29-10-13-31-15-17-33(31)24-29)22-5-8-30-11-14-32-16-18-34(32)25-30;1-3-5-4-2;1-3-2/h9-14,19-20,23-26H,3-8,15-18,21-22H2,1-2H3;3-5H2,1-2H3;3H2,1-2H3. The van der Waals surface area contributed by atoms with E-state index in [0.29, 0.717) is 0 Å². The van der Waals surface area contributed by atoms with Gasteiger partial charge in [-0.3, -0.25) is 0 Å². The second-order valence-corrected chi connectivity index (χ2v) is 14.7. The zero-order valence-electron chi connectivity index (χ0n) is 30.7. The van der Waals surface area contributed by atoms with E-state index in [9.17, 15) is 0 Å². The predicted octanol–water partition coefficient (Wildman–Crippen LogP) is 13.1. The number of hydrogen-bond acceptors (Lipinski definition) is 0. The number of unbranched alkanes of at least 4 members (excludes halogenated alkanes) is 2. The molecule has 0 fully saturated rings. The van der Waals surface area contributed by atoms with Crippen molar-refractivity contribution in [1.82, 2.24) is 0 Å². The zero-order chi connectivity index (χ0) is 33.2. The van der Waals surface area contributed by atoms with Gasteiger partial charge in [-0.25, -0.2) is 0 Å². The Kier molecular flexibility index (Phi) is 12.6. The van der Waals surface area contributed by atoms with Crippen molar-refractivity contribution < 1.29 is 0 Å². The van der Waals surface area contributed by atoms with Gasteiger partial charge < -0.3 is 0 Å². The first-order chi connectivity index (χ1) is 23.0. The van der Waals surface area contributed by atoms with Gasteiger partial charge in [0.2, 0.25) is 0 Å². The van der Waals surface area contributed by atoms with Crippen LogP contribution in [0.1, 0.15) is 148 Å². The first-order valence-electron chi connectivity index (χ1n) is 19.4. The van der Waals surface area contributed by atoms with E-state index in [2.05, 4.69) is 114 Å². The third kappa shape index (κ3) is 8.13. The lowest BCUT2D eigenvalue weighted by molar-refractivity contribution is 0.418. The quantitative estimate of drug-likeness (QED) is 0.147. The van der Waals surface area contributed by atoms with Crippen molar-refractivity contribution in [3.05, 3.63) is 128 Å². The normalized spacial score (nSPS) is 14.2. The first kappa shape index (κ1) is 35.2. The van der Waals surface area contributed by atoms with Crippen LogP contribution >= 0.6 is 0 Å². The van der Waals surface area contributed by atoms with Crippen LogP contribution in [-0.2, 0) is 50.4 Å². The summed E-state index contributed by atoms with van der Waals surface area (Å²) in [6, 6.07) is 29.3. The summed E-state index contributed by atoms with van der Waals surface area (Å²) < 4.78 is 0. The van der Waals surface area contributed by atoms with Crippen molar-refractivity contribution in [3.8, 4) is 11.1 Å². The van der Waals surface area contributed by atoms with Crippen molar-refractivity contribution >= 4 is 0 Å². The molecule has 0 N–H and O–H groups in total. The maximum atomic E-state index is 2.60. The molecule has 4 aromatic rings. The Morgan fingerprint density at radius 2 is 0.936 bits per heavy atom. The van der Waals surface area contributed by atoms with E-state index in [1.165, 1.54) is 136 Å². The molecule has 3 aliphatic rings. The molecule has 0 nitrogen and oxygen atoms in total. The maximum Gasteiger partial charge on any atom is 0.0215 e. The van der Waals surface area contributed by atoms with Crippen LogP contribution in [0.25, 0.3) is 11.1 Å². The van der Waals surface area contributed by atoms with Crippen LogP contribution in [0.3, 0.4) is 0 Å². The zero-order valence-corrected chi connectivity index (χ0v) is 30.7. The van der Waals surface area contributed by atoms with Gasteiger partial charge >= 0.3 is 0 Å². The monoisotopic (exact) mass is 626 g/mol. The van der Waals surface area contributed by atoms with Crippen LogP contribution in [0, 0.1) is 6.92 Å². The van der Waals surface area contributed by atoms with E-state index >= 15 is 0 Å². The topological polar surface area (TPSA) is 0 Å². The molecule has 0 heteroatoms. The molecule has 0 unspecified atom stereocenters. The average molecular weight is 627 g/mol. The third-order valence-electron chi connectivity index (χ3n) is 10.8. The smallest absolute Gasteiger partial charge is 0.0215 e. The van der Waals surface area contributed by atoms with E-state index in [4.69, 9.17) is 0 Å². The largest absolute Gasteiger partial charge is 0.0656 e. The van der Waals surface area contributed by atoms with E-state index in [1.807, 2.05) is 0 Å². The minimum atomic E-state index is 0.111. The van der Waals surface area contributed by atoms with Gasteiger partial charge in [0.05, 0.1) is 0 Å². The molecule has 0 aromatic heterocycles.